The Labute approximate surface area is 107 Å². The van der Waals surface area contributed by atoms with Gasteiger partial charge in [-0.15, -0.1) is 11.3 Å². The highest BCUT2D eigenvalue weighted by molar-refractivity contribution is 7.09. The number of carbonyl (C=O) groups excluding carboxylic acids is 1. The van der Waals surface area contributed by atoms with Crippen molar-refractivity contribution in [3.63, 3.8) is 0 Å². The summed E-state index contributed by atoms with van der Waals surface area (Å²) in [5.41, 5.74) is 0. The average molecular weight is 259 g/mol. The van der Waals surface area contributed by atoms with Crippen molar-refractivity contribution in [2.24, 2.45) is 11.7 Å². The SMILES string of the molecule is CNC(Cc1cccs1)C(=O)[N+](C)(C)C.NN. The molecule has 0 aliphatic rings. The fourth-order valence-electron chi connectivity index (χ4n) is 1.41. The normalized spacial score (nSPS) is 12.6. The Hall–Kier alpha value is -0.790. The van der Waals surface area contributed by atoms with Gasteiger partial charge in [0.15, 0.2) is 0 Å². The zero-order valence-electron chi connectivity index (χ0n) is 10.9. The van der Waals surface area contributed by atoms with Crippen LogP contribution in [-0.4, -0.2) is 44.6 Å². The lowest BCUT2D eigenvalue weighted by molar-refractivity contribution is -0.793. The zero-order valence-corrected chi connectivity index (χ0v) is 11.8. The molecule has 0 aliphatic heterocycles. The topological polar surface area (TPSA) is 81.1 Å². The molecule has 6 heteroatoms. The summed E-state index contributed by atoms with van der Waals surface area (Å²) in [7, 11) is 7.55. The van der Waals surface area contributed by atoms with E-state index >= 15 is 0 Å². The van der Waals surface area contributed by atoms with E-state index in [1.54, 1.807) is 11.3 Å². The molecular weight excluding hydrogens is 236 g/mol. The number of nitrogens with zero attached hydrogens (tertiary/aromatic N) is 1. The molecule has 1 aromatic heterocycles. The number of amides is 1. The lowest BCUT2D eigenvalue weighted by Gasteiger charge is -2.25. The molecule has 0 aliphatic carbocycles. The predicted molar refractivity (Wildman–Crippen MR) is 72.3 cm³/mol. The molecule has 1 aromatic rings. The summed E-state index contributed by atoms with van der Waals surface area (Å²) in [5.74, 6) is 8.21. The van der Waals surface area contributed by atoms with Gasteiger partial charge in [-0.2, -0.15) is 0 Å². The Kier molecular flexibility index (Phi) is 7.17. The van der Waals surface area contributed by atoms with Crippen molar-refractivity contribution in [1.82, 2.24) is 5.32 Å². The van der Waals surface area contributed by atoms with E-state index in [2.05, 4.69) is 23.1 Å². The summed E-state index contributed by atoms with van der Waals surface area (Å²) < 4.78 is 0.358. The number of hydrogen-bond acceptors (Lipinski definition) is 5. The minimum absolute atomic E-state index is 0.0938. The van der Waals surface area contributed by atoms with Crippen molar-refractivity contribution >= 4 is 17.2 Å². The summed E-state index contributed by atoms with van der Waals surface area (Å²) in [4.78, 5) is 13.3. The number of nitrogens with two attached hydrogens (primary N) is 2. The van der Waals surface area contributed by atoms with Gasteiger partial charge in [0.2, 0.25) is 0 Å². The number of likely N-dealkylation sites (N-methyl/N-ethyl adjacent to an activating group) is 2. The zero-order chi connectivity index (χ0) is 13.5. The summed E-state index contributed by atoms with van der Waals surface area (Å²) >= 11 is 1.70. The maximum atomic E-state index is 12.0. The Morgan fingerprint density at radius 3 is 2.41 bits per heavy atom. The van der Waals surface area contributed by atoms with Gasteiger partial charge in [-0.3, -0.25) is 16.2 Å². The molecule has 5 N–H and O–H groups in total. The first-order valence-electron chi connectivity index (χ1n) is 5.34. The number of nitrogens with one attached hydrogen (secondary N) is 1. The van der Waals surface area contributed by atoms with Gasteiger partial charge in [0.25, 0.3) is 0 Å². The van der Waals surface area contributed by atoms with E-state index in [4.69, 9.17) is 0 Å². The molecule has 0 aromatic carbocycles. The maximum absolute atomic E-state index is 12.0. The van der Waals surface area contributed by atoms with Crippen molar-refractivity contribution in [2.45, 2.75) is 12.5 Å². The highest BCUT2D eigenvalue weighted by atomic mass is 32.1. The van der Waals surface area contributed by atoms with Crippen molar-refractivity contribution in [1.29, 1.82) is 0 Å². The van der Waals surface area contributed by atoms with Crippen LogP contribution < -0.4 is 17.0 Å². The van der Waals surface area contributed by atoms with Gasteiger partial charge in [-0.25, -0.2) is 4.79 Å². The predicted octanol–water partition coefficient (Wildman–Crippen LogP) is -0.0698. The number of hydrazine groups is 1. The van der Waals surface area contributed by atoms with E-state index in [0.717, 1.165) is 6.42 Å². The number of quaternary nitrogens is 1. The minimum atomic E-state index is -0.0938. The molecule has 1 atom stereocenters. The molecule has 1 amide bonds. The number of hydrogen-bond donors (Lipinski definition) is 3. The first-order chi connectivity index (χ1) is 7.95. The summed E-state index contributed by atoms with van der Waals surface area (Å²) in [5, 5.41) is 5.13. The molecule has 0 fully saturated rings. The van der Waals surface area contributed by atoms with Crippen LogP contribution in [0.4, 0.5) is 0 Å². The van der Waals surface area contributed by atoms with Gasteiger partial charge in [0.1, 0.15) is 6.04 Å². The van der Waals surface area contributed by atoms with Crippen LogP contribution in [0.1, 0.15) is 4.88 Å². The molecule has 0 saturated heterocycles. The van der Waals surface area contributed by atoms with Gasteiger partial charge in [0, 0.05) is 11.3 Å². The molecule has 1 heterocycles. The molecule has 0 saturated carbocycles. The van der Waals surface area contributed by atoms with Crippen LogP contribution >= 0.6 is 11.3 Å². The van der Waals surface area contributed by atoms with Crippen molar-refractivity contribution in [3.8, 4) is 0 Å². The summed E-state index contributed by atoms with van der Waals surface area (Å²) in [6, 6.07) is 3.99. The second-order valence-corrected chi connectivity index (χ2v) is 5.51. The van der Waals surface area contributed by atoms with Gasteiger partial charge < -0.3 is 5.32 Å². The van der Waals surface area contributed by atoms with Gasteiger partial charge in [-0.05, 0) is 18.5 Å². The molecule has 5 nitrogen and oxygen atoms in total. The van der Waals surface area contributed by atoms with E-state index in [1.807, 2.05) is 39.6 Å². The molecule has 0 bridgehead atoms. The van der Waals surface area contributed by atoms with Crippen LogP contribution in [0, 0.1) is 0 Å². The van der Waals surface area contributed by atoms with E-state index < -0.39 is 0 Å². The fraction of sp³-hybridized carbons (Fsp3) is 0.545. The summed E-state index contributed by atoms with van der Waals surface area (Å²) in [6.45, 7) is 0. The van der Waals surface area contributed by atoms with Gasteiger partial charge in [0.05, 0.1) is 21.1 Å². The van der Waals surface area contributed by atoms with Crippen LogP contribution in [0.5, 0.6) is 0 Å². The van der Waals surface area contributed by atoms with E-state index in [0.29, 0.717) is 4.48 Å². The second-order valence-electron chi connectivity index (χ2n) is 4.48. The molecular formula is C11H23N4OS+. The van der Waals surface area contributed by atoms with Gasteiger partial charge in [-0.1, -0.05) is 6.07 Å². The van der Waals surface area contributed by atoms with Crippen molar-refractivity contribution < 1.29 is 9.28 Å². The third-order valence-corrected chi connectivity index (χ3v) is 3.19. The van der Waals surface area contributed by atoms with Crippen LogP contribution in [0.15, 0.2) is 17.5 Å². The second kappa shape index (κ2) is 7.52. The van der Waals surface area contributed by atoms with E-state index in [9.17, 15) is 4.79 Å². The smallest absolute Gasteiger partial charge is 0.305 e. The Morgan fingerprint density at radius 2 is 2.06 bits per heavy atom. The third-order valence-electron chi connectivity index (χ3n) is 2.29. The van der Waals surface area contributed by atoms with E-state index in [1.165, 1.54) is 4.88 Å². The lowest BCUT2D eigenvalue weighted by atomic mass is 10.1. The monoisotopic (exact) mass is 259 g/mol. The standard InChI is InChI=1S/C11H19N2OS.H4N2/c1-12-10(11(14)13(2,3)4)8-9-6-5-7-15-9;1-2/h5-7,10,12H,8H2,1-4H3;1-2H2/q+1;. The van der Waals surface area contributed by atoms with Crippen LogP contribution in [0.2, 0.25) is 0 Å². The number of rotatable bonds is 4. The quantitative estimate of drug-likeness (QED) is 0.402. The Balaban J connectivity index is 0.00000121. The van der Waals surface area contributed by atoms with Gasteiger partial charge >= 0.3 is 5.91 Å². The Morgan fingerprint density at radius 1 is 1.47 bits per heavy atom. The summed E-state index contributed by atoms with van der Waals surface area (Å²) in [6.07, 6.45) is 0.780. The first kappa shape index (κ1) is 16.2. The Bertz CT molecular complexity index is 319. The number of carbonyl (C=O) groups is 1. The largest absolute Gasteiger partial charge is 0.330 e. The molecule has 1 rings (SSSR count). The molecule has 98 valence electrons. The molecule has 17 heavy (non-hydrogen) atoms. The molecule has 1 unspecified atom stereocenters. The first-order valence-corrected chi connectivity index (χ1v) is 6.22. The van der Waals surface area contributed by atoms with Crippen LogP contribution in [0.25, 0.3) is 0 Å². The van der Waals surface area contributed by atoms with Crippen molar-refractivity contribution in [2.75, 3.05) is 28.2 Å². The highest BCUT2D eigenvalue weighted by Crippen LogP contribution is 2.12. The van der Waals surface area contributed by atoms with Crippen LogP contribution in [0.3, 0.4) is 0 Å². The molecule has 0 radical (unpaired) electrons. The molecule has 0 spiro atoms. The highest BCUT2D eigenvalue weighted by Gasteiger charge is 2.29. The maximum Gasteiger partial charge on any atom is 0.330 e. The van der Waals surface area contributed by atoms with Crippen molar-refractivity contribution in [3.05, 3.63) is 22.4 Å². The van der Waals surface area contributed by atoms with Crippen LogP contribution in [-0.2, 0) is 11.2 Å². The lowest BCUT2D eigenvalue weighted by Crippen LogP contribution is -2.52. The number of thiophene rings is 1. The average Bonchev–Trinajstić information content (AvgIpc) is 2.79. The van der Waals surface area contributed by atoms with E-state index in [-0.39, 0.29) is 11.9 Å². The fourth-order valence-corrected chi connectivity index (χ4v) is 2.16. The minimum Gasteiger partial charge on any atom is -0.305 e. The third kappa shape index (κ3) is 5.38.